The fraction of sp³-hybridized carbons (Fsp3) is 0.250. The first-order valence-corrected chi connectivity index (χ1v) is 7.30. The van der Waals surface area contributed by atoms with E-state index in [9.17, 15) is 4.79 Å². The summed E-state index contributed by atoms with van der Waals surface area (Å²) in [6.45, 7) is 4.61. The lowest BCUT2D eigenvalue weighted by molar-refractivity contribution is 0.103. The Bertz CT molecular complexity index is 626. The quantitative estimate of drug-likeness (QED) is 0.771. The third-order valence-corrected chi connectivity index (χ3v) is 3.76. The van der Waals surface area contributed by atoms with Crippen molar-refractivity contribution in [3.05, 3.63) is 57.8 Å². The van der Waals surface area contributed by atoms with Gasteiger partial charge in [-0.15, -0.1) is 0 Å². The molecule has 0 N–H and O–H groups in total. The summed E-state index contributed by atoms with van der Waals surface area (Å²) in [6.07, 6.45) is 4.11. The molecule has 20 heavy (non-hydrogen) atoms. The van der Waals surface area contributed by atoms with E-state index in [2.05, 4.69) is 20.9 Å². The SMILES string of the molecule is CCCOc1cncc(C(=O)c2ccc(Br)c(C)c2)c1. The number of carbonyl (C=O) groups excluding carboxylic acids is 1. The van der Waals surface area contributed by atoms with Crippen LogP contribution in [0, 0.1) is 6.92 Å². The van der Waals surface area contributed by atoms with Crippen molar-refractivity contribution in [2.45, 2.75) is 20.3 Å². The van der Waals surface area contributed by atoms with Crippen LogP contribution >= 0.6 is 15.9 Å². The Morgan fingerprint density at radius 3 is 2.75 bits per heavy atom. The highest BCUT2D eigenvalue weighted by Gasteiger charge is 2.11. The lowest BCUT2D eigenvalue weighted by Gasteiger charge is -2.07. The molecule has 0 radical (unpaired) electrons. The maximum absolute atomic E-state index is 12.4. The minimum atomic E-state index is -0.0463. The van der Waals surface area contributed by atoms with Crippen LogP contribution in [0.1, 0.15) is 34.8 Å². The van der Waals surface area contributed by atoms with Gasteiger partial charge in [0.1, 0.15) is 5.75 Å². The lowest BCUT2D eigenvalue weighted by Crippen LogP contribution is -2.04. The Morgan fingerprint density at radius 2 is 2.05 bits per heavy atom. The first-order chi connectivity index (χ1) is 9.61. The topological polar surface area (TPSA) is 39.2 Å². The molecule has 0 aliphatic heterocycles. The van der Waals surface area contributed by atoms with Crippen LogP contribution in [0.5, 0.6) is 5.75 Å². The monoisotopic (exact) mass is 333 g/mol. The zero-order valence-corrected chi connectivity index (χ0v) is 13.1. The Kier molecular flexibility index (Phi) is 4.90. The standard InChI is InChI=1S/C16H16BrNO2/c1-3-6-20-14-8-13(9-18-10-14)16(19)12-4-5-15(17)11(2)7-12/h4-5,7-10H,3,6H2,1-2H3. The van der Waals surface area contributed by atoms with Crippen LogP contribution in [0.25, 0.3) is 0 Å². The molecule has 0 bridgehead atoms. The van der Waals surface area contributed by atoms with Gasteiger partial charge in [-0.25, -0.2) is 0 Å². The van der Waals surface area contributed by atoms with Gasteiger partial charge in [0.2, 0.25) is 0 Å². The van der Waals surface area contributed by atoms with E-state index in [1.165, 1.54) is 0 Å². The summed E-state index contributed by atoms with van der Waals surface area (Å²) >= 11 is 3.43. The average molecular weight is 334 g/mol. The molecule has 2 aromatic rings. The molecule has 0 atom stereocenters. The summed E-state index contributed by atoms with van der Waals surface area (Å²) in [5.74, 6) is 0.585. The number of ether oxygens (including phenoxy) is 1. The van der Waals surface area contributed by atoms with Gasteiger partial charge in [0, 0.05) is 21.8 Å². The van der Waals surface area contributed by atoms with Crippen molar-refractivity contribution in [3.8, 4) is 5.75 Å². The summed E-state index contributed by atoms with van der Waals surface area (Å²) in [4.78, 5) is 16.5. The normalized spacial score (nSPS) is 10.3. The number of nitrogens with zero attached hydrogens (tertiary/aromatic N) is 1. The number of carbonyl (C=O) groups is 1. The van der Waals surface area contributed by atoms with Crippen LogP contribution in [0.4, 0.5) is 0 Å². The van der Waals surface area contributed by atoms with Gasteiger partial charge in [-0.3, -0.25) is 9.78 Å². The Hall–Kier alpha value is -1.68. The summed E-state index contributed by atoms with van der Waals surface area (Å²) in [6, 6.07) is 7.29. The molecule has 1 heterocycles. The minimum Gasteiger partial charge on any atom is -0.492 e. The van der Waals surface area contributed by atoms with Crippen LogP contribution in [0.3, 0.4) is 0 Å². The number of ketones is 1. The lowest BCUT2D eigenvalue weighted by atomic mass is 10.0. The highest BCUT2D eigenvalue weighted by molar-refractivity contribution is 9.10. The van der Waals surface area contributed by atoms with E-state index < -0.39 is 0 Å². The highest BCUT2D eigenvalue weighted by atomic mass is 79.9. The zero-order valence-electron chi connectivity index (χ0n) is 11.5. The molecule has 0 unspecified atom stereocenters. The minimum absolute atomic E-state index is 0.0463. The third-order valence-electron chi connectivity index (χ3n) is 2.87. The van der Waals surface area contributed by atoms with E-state index in [1.54, 1.807) is 24.5 Å². The van der Waals surface area contributed by atoms with Crippen LogP contribution < -0.4 is 4.74 Å². The number of pyridine rings is 1. The maximum atomic E-state index is 12.4. The zero-order chi connectivity index (χ0) is 14.5. The van der Waals surface area contributed by atoms with Crippen molar-refractivity contribution >= 4 is 21.7 Å². The van der Waals surface area contributed by atoms with Gasteiger partial charge in [0.05, 0.1) is 12.8 Å². The fourth-order valence-corrected chi connectivity index (χ4v) is 2.04. The molecule has 0 aliphatic carbocycles. The number of hydrogen-bond donors (Lipinski definition) is 0. The van der Waals surface area contributed by atoms with Crippen molar-refractivity contribution < 1.29 is 9.53 Å². The molecule has 0 amide bonds. The van der Waals surface area contributed by atoms with Crippen LogP contribution in [-0.2, 0) is 0 Å². The second kappa shape index (κ2) is 6.66. The fourth-order valence-electron chi connectivity index (χ4n) is 1.79. The van der Waals surface area contributed by atoms with E-state index in [4.69, 9.17) is 4.74 Å². The number of rotatable bonds is 5. The molecule has 3 nitrogen and oxygen atoms in total. The Morgan fingerprint density at radius 1 is 1.25 bits per heavy atom. The summed E-state index contributed by atoms with van der Waals surface area (Å²) in [5, 5.41) is 0. The number of aryl methyl sites for hydroxylation is 1. The molecule has 0 spiro atoms. The van der Waals surface area contributed by atoms with Gasteiger partial charge < -0.3 is 4.74 Å². The van der Waals surface area contributed by atoms with Crippen molar-refractivity contribution in [2.24, 2.45) is 0 Å². The molecule has 4 heteroatoms. The summed E-state index contributed by atoms with van der Waals surface area (Å²) in [7, 11) is 0. The van der Waals surface area contributed by atoms with Crippen LogP contribution in [-0.4, -0.2) is 17.4 Å². The molecule has 0 fully saturated rings. The molecule has 2 rings (SSSR count). The van der Waals surface area contributed by atoms with E-state index in [1.807, 2.05) is 26.0 Å². The van der Waals surface area contributed by atoms with E-state index in [-0.39, 0.29) is 5.78 Å². The Labute approximate surface area is 127 Å². The molecular formula is C16H16BrNO2. The maximum Gasteiger partial charge on any atom is 0.194 e. The smallest absolute Gasteiger partial charge is 0.194 e. The number of hydrogen-bond acceptors (Lipinski definition) is 3. The van der Waals surface area contributed by atoms with Gasteiger partial charge in [-0.1, -0.05) is 22.9 Å². The first-order valence-electron chi connectivity index (χ1n) is 6.50. The van der Waals surface area contributed by atoms with E-state index >= 15 is 0 Å². The van der Waals surface area contributed by atoms with Crippen molar-refractivity contribution in [2.75, 3.05) is 6.61 Å². The molecule has 0 saturated carbocycles. The largest absolute Gasteiger partial charge is 0.492 e. The van der Waals surface area contributed by atoms with Gasteiger partial charge in [0.25, 0.3) is 0 Å². The van der Waals surface area contributed by atoms with Crippen molar-refractivity contribution in [3.63, 3.8) is 0 Å². The highest BCUT2D eigenvalue weighted by Crippen LogP contribution is 2.20. The van der Waals surface area contributed by atoms with Crippen molar-refractivity contribution in [1.82, 2.24) is 4.98 Å². The molecule has 1 aromatic heterocycles. The predicted octanol–water partition coefficient (Wildman–Crippen LogP) is 4.17. The average Bonchev–Trinajstić information content (AvgIpc) is 2.47. The molecule has 104 valence electrons. The van der Waals surface area contributed by atoms with Gasteiger partial charge >= 0.3 is 0 Å². The van der Waals surface area contributed by atoms with E-state index in [0.29, 0.717) is 23.5 Å². The molecule has 0 saturated heterocycles. The summed E-state index contributed by atoms with van der Waals surface area (Å²) in [5.41, 5.74) is 2.22. The van der Waals surface area contributed by atoms with Crippen LogP contribution in [0.15, 0.2) is 41.1 Å². The number of benzene rings is 1. The first kappa shape index (κ1) is 14.7. The Balaban J connectivity index is 2.26. The summed E-state index contributed by atoms with van der Waals surface area (Å²) < 4.78 is 6.50. The molecule has 1 aromatic carbocycles. The van der Waals surface area contributed by atoms with Crippen molar-refractivity contribution in [1.29, 1.82) is 0 Å². The second-order valence-corrected chi connectivity index (χ2v) is 5.41. The number of halogens is 1. The number of aromatic nitrogens is 1. The second-order valence-electron chi connectivity index (χ2n) is 4.55. The molecular weight excluding hydrogens is 318 g/mol. The third kappa shape index (κ3) is 3.45. The predicted molar refractivity (Wildman–Crippen MR) is 82.3 cm³/mol. The molecule has 0 aliphatic rings. The van der Waals surface area contributed by atoms with Crippen LogP contribution in [0.2, 0.25) is 0 Å². The van der Waals surface area contributed by atoms with E-state index in [0.717, 1.165) is 16.5 Å². The van der Waals surface area contributed by atoms with Gasteiger partial charge in [-0.2, -0.15) is 0 Å². The van der Waals surface area contributed by atoms with Gasteiger partial charge in [0.15, 0.2) is 5.78 Å². The van der Waals surface area contributed by atoms with Gasteiger partial charge in [-0.05, 0) is 43.2 Å².